The minimum absolute atomic E-state index is 1.07. The van der Waals surface area contributed by atoms with Gasteiger partial charge >= 0.3 is 0 Å². The third-order valence-corrected chi connectivity index (χ3v) is 2.47. The molecule has 2 rings (SSSR count). The van der Waals surface area contributed by atoms with E-state index < -0.39 is 0 Å². The predicted molar refractivity (Wildman–Crippen MR) is 59.7 cm³/mol. The number of rotatable bonds is 2. The van der Waals surface area contributed by atoms with E-state index in [1.165, 1.54) is 29.6 Å². The standard InChI is InChI=1S/C11H14BN/c12-7-6-9-8-13-11-5-3-1-2-4-10(9)11/h1-3,5,8,13H,4,6-7,12H2. The predicted octanol–water partition coefficient (Wildman–Crippen LogP) is 1.73. The maximum Gasteiger partial charge on any atom is 0.101 e. The monoisotopic (exact) mass is 171 g/mol. The van der Waals surface area contributed by atoms with Crippen molar-refractivity contribution in [3.8, 4) is 0 Å². The number of hydrogen-bond donors (Lipinski definition) is 1. The molecule has 0 fully saturated rings. The molecule has 0 aromatic carbocycles. The molecule has 0 unspecified atom stereocenters. The molecule has 13 heavy (non-hydrogen) atoms. The smallest absolute Gasteiger partial charge is 0.101 e. The van der Waals surface area contributed by atoms with E-state index in [2.05, 4.69) is 43.3 Å². The van der Waals surface area contributed by atoms with Crippen molar-refractivity contribution in [1.29, 1.82) is 0 Å². The number of aromatic amines is 1. The van der Waals surface area contributed by atoms with Crippen LogP contribution in [0, 0.1) is 0 Å². The van der Waals surface area contributed by atoms with E-state index >= 15 is 0 Å². The third kappa shape index (κ3) is 1.62. The zero-order valence-corrected chi connectivity index (χ0v) is 8.01. The average molecular weight is 171 g/mol. The van der Waals surface area contributed by atoms with Gasteiger partial charge in [-0.1, -0.05) is 24.5 Å². The summed E-state index contributed by atoms with van der Waals surface area (Å²) < 4.78 is 0. The first kappa shape index (κ1) is 8.42. The van der Waals surface area contributed by atoms with Crippen molar-refractivity contribution >= 4 is 13.9 Å². The summed E-state index contributed by atoms with van der Waals surface area (Å²) in [5, 5.41) is 0. The minimum Gasteiger partial charge on any atom is -0.361 e. The Balaban J connectivity index is 2.36. The number of hydrogen-bond acceptors (Lipinski definition) is 0. The van der Waals surface area contributed by atoms with E-state index in [1.54, 1.807) is 0 Å². The van der Waals surface area contributed by atoms with Gasteiger partial charge in [-0.05, 0) is 30.0 Å². The Bertz CT molecular complexity index is 347. The summed E-state index contributed by atoms with van der Waals surface area (Å²) in [7, 11) is 2.22. The summed E-state index contributed by atoms with van der Waals surface area (Å²) >= 11 is 0. The summed E-state index contributed by atoms with van der Waals surface area (Å²) in [6.07, 6.45) is 14.2. The number of nitrogens with one attached hydrogen (secondary N) is 1. The molecular formula is C11H14BN. The van der Waals surface area contributed by atoms with Gasteiger partial charge < -0.3 is 4.98 Å². The second-order valence-electron chi connectivity index (χ2n) is 3.45. The van der Waals surface area contributed by atoms with Crippen molar-refractivity contribution in [3.05, 3.63) is 41.2 Å². The molecule has 0 amide bonds. The molecule has 0 aliphatic heterocycles. The first-order valence-electron chi connectivity index (χ1n) is 4.94. The van der Waals surface area contributed by atoms with E-state index in [1.807, 2.05) is 0 Å². The van der Waals surface area contributed by atoms with Gasteiger partial charge in [0, 0.05) is 11.9 Å². The summed E-state index contributed by atoms with van der Waals surface area (Å²) in [5.74, 6) is 0. The largest absolute Gasteiger partial charge is 0.361 e. The van der Waals surface area contributed by atoms with Crippen LogP contribution in [0.5, 0.6) is 0 Å². The molecule has 2 heteroatoms. The van der Waals surface area contributed by atoms with Crippen LogP contribution in [0.1, 0.15) is 16.8 Å². The topological polar surface area (TPSA) is 15.8 Å². The lowest BCUT2D eigenvalue weighted by Gasteiger charge is -1.99. The molecule has 66 valence electrons. The molecule has 0 spiro atoms. The van der Waals surface area contributed by atoms with Gasteiger partial charge in [-0.2, -0.15) is 0 Å². The second-order valence-corrected chi connectivity index (χ2v) is 3.45. The Morgan fingerprint density at radius 2 is 2.31 bits per heavy atom. The van der Waals surface area contributed by atoms with E-state index in [9.17, 15) is 0 Å². The lowest BCUT2D eigenvalue weighted by atomic mass is 9.95. The highest BCUT2D eigenvalue weighted by Gasteiger charge is 2.07. The van der Waals surface area contributed by atoms with E-state index in [-0.39, 0.29) is 0 Å². The Morgan fingerprint density at radius 3 is 3.15 bits per heavy atom. The highest BCUT2D eigenvalue weighted by Crippen LogP contribution is 2.20. The van der Waals surface area contributed by atoms with Crippen molar-refractivity contribution in [2.75, 3.05) is 0 Å². The average Bonchev–Trinajstić information content (AvgIpc) is 2.38. The van der Waals surface area contributed by atoms with Crippen LogP contribution in [0.25, 0.3) is 6.08 Å². The molecule has 0 bridgehead atoms. The van der Waals surface area contributed by atoms with Crippen molar-refractivity contribution < 1.29 is 0 Å². The lowest BCUT2D eigenvalue weighted by molar-refractivity contribution is 1.09. The molecule has 1 aromatic rings. The van der Waals surface area contributed by atoms with Crippen LogP contribution in [0.15, 0.2) is 24.4 Å². The molecular weight excluding hydrogens is 157 g/mol. The Kier molecular flexibility index (Phi) is 2.39. The SMILES string of the molecule is BCCc1c[nH]c2c1CC=CC=C2. The molecule has 1 aromatic heterocycles. The van der Waals surface area contributed by atoms with Gasteiger partial charge in [0.25, 0.3) is 0 Å². The molecule has 0 radical (unpaired) electrons. The number of fused-ring (bicyclic) bond motifs is 1. The fourth-order valence-corrected chi connectivity index (χ4v) is 1.81. The van der Waals surface area contributed by atoms with Crippen LogP contribution >= 0.6 is 0 Å². The first-order valence-corrected chi connectivity index (χ1v) is 4.94. The van der Waals surface area contributed by atoms with E-state index in [4.69, 9.17) is 0 Å². The Hall–Kier alpha value is -1.18. The van der Waals surface area contributed by atoms with Crippen molar-refractivity contribution in [2.45, 2.75) is 19.2 Å². The van der Waals surface area contributed by atoms with Gasteiger partial charge in [0.1, 0.15) is 7.85 Å². The molecule has 1 N–H and O–H groups in total. The maximum absolute atomic E-state index is 3.32. The fraction of sp³-hybridized carbons (Fsp3) is 0.273. The van der Waals surface area contributed by atoms with Gasteiger partial charge in [-0.15, -0.1) is 0 Å². The molecule has 1 aliphatic rings. The molecule has 0 saturated heterocycles. The number of aromatic nitrogens is 1. The molecule has 1 nitrogen and oxygen atoms in total. The number of H-pyrrole nitrogens is 1. The molecule has 1 heterocycles. The van der Waals surface area contributed by atoms with E-state index in [0.717, 1.165) is 6.42 Å². The second kappa shape index (κ2) is 3.69. The Labute approximate surface area is 80.0 Å². The van der Waals surface area contributed by atoms with Crippen molar-refractivity contribution in [3.63, 3.8) is 0 Å². The van der Waals surface area contributed by atoms with Crippen LogP contribution in [0.3, 0.4) is 0 Å². The summed E-state index contributed by atoms with van der Waals surface area (Å²) in [6.45, 7) is 0. The normalized spacial score (nSPS) is 14.2. The summed E-state index contributed by atoms with van der Waals surface area (Å²) in [5.41, 5.74) is 4.24. The van der Waals surface area contributed by atoms with Crippen LogP contribution in [0.4, 0.5) is 0 Å². The zero-order chi connectivity index (χ0) is 9.10. The number of allylic oxidation sites excluding steroid dienone is 3. The van der Waals surface area contributed by atoms with Crippen LogP contribution < -0.4 is 0 Å². The first-order chi connectivity index (χ1) is 6.42. The van der Waals surface area contributed by atoms with Crippen molar-refractivity contribution in [1.82, 2.24) is 4.98 Å². The van der Waals surface area contributed by atoms with Crippen LogP contribution in [-0.4, -0.2) is 12.8 Å². The summed E-state index contributed by atoms with van der Waals surface area (Å²) in [4.78, 5) is 3.32. The fourth-order valence-electron chi connectivity index (χ4n) is 1.81. The maximum atomic E-state index is 3.32. The van der Waals surface area contributed by atoms with Gasteiger partial charge in [-0.3, -0.25) is 0 Å². The van der Waals surface area contributed by atoms with Crippen LogP contribution in [0.2, 0.25) is 6.32 Å². The minimum atomic E-state index is 1.07. The van der Waals surface area contributed by atoms with Gasteiger partial charge in [0.05, 0.1) is 0 Å². The zero-order valence-electron chi connectivity index (χ0n) is 8.01. The third-order valence-electron chi connectivity index (χ3n) is 2.47. The highest BCUT2D eigenvalue weighted by atomic mass is 14.7. The quantitative estimate of drug-likeness (QED) is 0.652. The van der Waals surface area contributed by atoms with Crippen LogP contribution in [-0.2, 0) is 12.8 Å². The highest BCUT2D eigenvalue weighted by molar-refractivity contribution is 6.08. The molecule has 1 aliphatic carbocycles. The Morgan fingerprint density at radius 1 is 1.38 bits per heavy atom. The van der Waals surface area contributed by atoms with E-state index in [0.29, 0.717) is 0 Å². The van der Waals surface area contributed by atoms with Crippen molar-refractivity contribution in [2.24, 2.45) is 0 Å². The summed E-state index contributed by atoms with van der Waals surface area (Å²) in [6, 6.07) is 0. The molecule has 0 atom stereocenters. The van der Waals surface area contributed by atoms with Gasteiger partial charge in [0.15, 0.2) is 0 Å². The van der Waals surface area contributed by atoms with Gasteiger partial charge in [0.2, 0.25) is 0 Å². The number of aryl methyl sites for hydroxylation is 1. The lowest BCUT2D eigenvalue weighted by Crippen LogP contribution is -1.89. The van der Waals surface area contributed by atoms with Gasteiger partial charge in [-0.25, -0.2) is 0 Å². The molecule has 0 saturated carbocycles.